The summed E-state index contributed by atoms with van der Waals surface area (Å²) in [5.74, 6) is 0.801. The molecule has 3 rings (SSSR count). The van der Waals surface area contributed by atoms with Crippen LogP contribution in [-0.2, 0) is 4.79 Å². The number of hydrogen-bond donors (Lipinski definition) is 0. The van der Waals surface area contributed by atoms with Crippen LogP contribution in [0.15, 0.2) is 52.1 Å². The highest BCUT2D eigenvalue weighted by Gasteiger charge is 2.23. The molecule has 28 heavy (non-hydrogen) atoms. The molecule has 5 nitrogen and oxygen atoms in total. The molecule has 3 aromatic rings. The number of aromatic nitrogens is 3. The highest BCUT2D eigenvalue weighted by atomic mass is 79.9. The number of carbonyl (C=O) groups excluding carboxylic acids is 1. The fraction of sp³-hybridized carbons (Fsp3) is 0.286. The molecular formula is C21H23BrN4OS. The highest BCUT2D eigenvalue weighted by molar-refractivity contribution is 9.10. The Labute approximate surface area is 178 Å². The number of hydrogen-bond acceptors (Lipinski definition) is 4. The number of thioether (sulfide) groups is 1. The van der Waals surface area contributed by atoms with Crippen molar-refractivity contribution in [2.24, 2.45) is 0 Å². The Balaban J connectivity index is 2.12. The lowest BCUT2D eigenvalue weighted by molar-refractivity contribution is -0.127. The quantitative estimate of drug-likeness (QED) is 0.511. The van der Waals surface area contributed by atoms with Gasteiger partial charge in [-0.1, -0.05) is 45.9 Å². The molecule has 0 saturated heterocycles. The van der Waals surface area contributed by atoms with Crippen LogP contribution in [0.4, 0.5) is 0 Å². The predicted molar refractivity (Wildman–Crippen MR) is 118 cm³/mol. The van der Waals surface area contributed by atoms with Gasteiger partial charge in [0.05, 0.1) is 10.9 Å². The Morgan fingerprint density at radius 1 is 1.07 bits per heavy atom. The number of aryl methyl sites for hydroxylation is 2. The van der Waals surface area contributed by atoms with Gasteiger partial charge in [0.2, 0.25) is 5.91 Å². The molecule has 0 aliphatic carbocycles. The van der Waals surface area contributed by atoms with Crippen LogP contribution >= 0.6 is 27.7 Å². The fourth-order valence-electron chi connectivity index (χ4n) is 3.02. The molecule has 0 bridgehead atoms. The van der Waals surface area contributed by atoms with Crippen molar-refractivity contribution >= 4 is 33.6 Å². The van der Waals surface area contributed by atoms with Crippen molar-refractivity contribution in [2.45, 2.75) is 31.2 Å². The molecule has 0 aliphatic heterocycles. The Bertz CT molecular complexity index is 978. The van der Waals surface area contributed by atoms with Crippen LogP contribution in [-0.4, -0.2) is 44.9 Å². The van der Waals surface area contributed by atoms with E-state index in [1.165, 1.54) is 22.9 Å². The molecule has 1 atom stereocenters. The van der Waals surface area contributed by atoms with Crippen molar-refractivity contribution in [1.29, 1.82) is 0 Å². The lowest BCUT2D eigenvalue weighted by atomic mass is 10.1. The fourth-order valence-corrected chi connectivity index (χ4v) is 4.29. The van der Waals surface area contributed by atoms with E-state index >= 15 is 0 Å². The molecule has 1 aromatic heterocycles. The summed E-state index contributed by atoms with van der Waals surface area (Å²) in [4.78, 5) is 14.0. The number of benzene rings is 2. The molecule has 0 saturated carbocycles. The maximum atomic E-state index is 12.4. The molecule has 0 radical (unpaired) electrons. The highest BCUT2D eigenvalue weighted by Crippen LogP contribution is 2.31. The Morgan fingerprint density at radius 3 is 2.25 bits per heavy atom. The number of halogens is 1. The molecule has 0 fully saturated rings. The van der Waals surface area contributed by atoms with Crippen LogP contribution < -0.4 is 0 Å². The Hall–Kier alpha value is -2.12. The van der Waals surface area contributed by atoms with Crippen LogP contribution in [0.3, 0.4) is 0 Å². The largest absolute Gasteiger partial charge is 0.348 e. The average molecular weight is 459 g/mol. The lowest BCUT2D eigenvalue weighted by Crippen LogP contribution is -2.29. The maximum absolute atomic E-state index is 12.4. The van der Waals surface area contributed by atoms with Crippen LogP contribution in [0.25, 0.3) is 17.1 Å². The first-order valence-electron chi connectivity index (χ1n) is 8.94. The second kappa shape index (κ2) is 8.49. The Morgan fingerprint density at radius 2 is 1.68 bits per heavy atom. The smallest absolute Gasteiger partial charge is 0.235 e. The third-order valence-electron chi connectivity index (χ3n) is 4.27. The Kier molecular flexibility index (Phi) is 6.25. The first kappa shape index (κ1) is 20.6. The van der Waals surface area contributed by atoms with Gasteiger partial charge in [-0.05, 0) is 56.2 Å². The maximum Gasteiger partial charge on any atom is 0.235 e. The van der Waals surface area contributed by atoms with Crippen molar-refractivity contribution in [2.75, 3.05) is 14.1 Å². The SMILES string of the molecule is Cc1cc(C)cc(-n2c(SC(C)C(=O)N(C)C)nnc2-c2ccc(Br)cc2)c1. The van der Waals surface area contributed by atoms with Gasteiger partial charge in [0.25, 0.3) is 0 Å². The van der Waals surface area contributed by atoms with E-state index in [1.54, 1.807) is 19.0 Å². The van der Waals surface area contributed by atoms with Gasteiger partial charge < -0.3 is 4.90 Å². The summed E-state index contributed by atoms with van der Waals surface area (Å²) >= 11 is 4.90. The lowest BCUT2D eigenvalue weighted by Gasteiger charge is -2.17. The van der Waals surface area contributed by atoms with E-state index in [0.29, 0.717) is 5.16 Å². The predicted octanol–water partition coefficient (Wildman–Crippen LogP) is 4.88. The summed E-state index contributed by atoms with van der Waals surface area (Å²) in [6, 6.07) is 14.4. The standard InChI is InChI=1S/C21H23BrN4OS/c1-13-10-14(2)12-18(11-13)26-19(16-6-8-17(22)9-7-16)23-24-21(26)28-15(3)20(27)25(4)5/h6-12,15H,1-5H3. The number of rotatable bonds is 5. The topological polar surface area (TPSA) is 51.0 Å². The average Bonchev–Trinajstić information content (AvgIpc) is 3.04. The molecule has 1 amide bonds. The van der Waals surface area contributed by atoms with Gasteiger partial charge in [0.1, 0.15) is 0 Å². The summed E-state index contributed by atoms with van der Waals surface area (Å²) < 4.78 is 3.04. The van der Waals surface area contributed by atoms with Crippen molar-refractivity contribution < 1.29 is 4.79 Å². The third-order valence-corrected chi connectivity index (χ3v) is 5.83. The molecule has 146 valence electrons. The summed E-state index contributed by atoms with van der Waals surface area (Å²) in [5.41, 5.74) is 4.29. The zero-order chi connectivity index (χ0) is 20.4. The minimum atomic E-state index is -0.262. The van der Waals surface area contributed by atoms with Crippen LogP contribution in [0.5, 0.6) is 0 Å². The third kappa shape index (κ3) is 4.47. The van der Waals surface area contributed by atoms with Gasteiger partial charge in [0, 0.05) is 24.1 Å². The number of nitrogens with zero attached hydrogens (tertiary/aromatic N) is 4. The second-order valence-electron chi connectivity index (χ2n) is 6.99. The molecule has 0 spiro atoms. The molecule has 1 unspecified atom stereocenters. The van der Waals surface area contributed by atoms with Gasteiger partial charge in [-0.2, -0.15) is 0 Å². The molecule has 0 N–H and O–H groups in total. The molecule has 1 heterocycles. The second-order valence-corrected chi connectivity index (χ2v) is 9.21. The minimum absolute atomic E-state index is 0.0464. The summed E-state index contributed by atoms with van der Waals surface area (Å²) in [5, 5.41) is 9.32. The summed E-state index contributed by atoms with van der Waals surface area (Å²) in [6.45, 7) is 6.04. The normalized spacial score (nSPS) is 12.1. The summed E-state index contributed by atoms with van der Waals surface area (Å²) in [6.07, 6.45) is 0. The first-order valence-corrected chi connectivity index (χ1v) is 10.6. The number of amides is 1. The van der Waals surface area contributed by atoms with E-state index in [4.69, 9.17) is 0 Å². The van der Waals surface area contributed by atoms with E-state index in [0.717, 1.165) is 21.5 Å². The van der Waals surface area contributed by atoms with E-state index in [2.05, 4.69) is 58.2 Å². The monoisotopic (exact) mass is 458 g/mol. The molecule has 2 aromatic carbocycles. The first-order chi connectivity index (χ1) is 13.3. The molecular weight excluding hydrogens is 436 g/mol. The van der Waals surface area contributed by atoms with Gasteiger partial charge >= 0.3 is 0 Å². The van der Waals surface area contributed by atoms with E-state index in [-0.39, 0.29) is 11.2 Å². The number of carbonyl (C=O) groups is 1. The zero-order valence-electron chi connectivity index (χ0n) is 16.6. The van der Waals surface area contributed by atoms with Crippen molar-refractivity contribution in [3.05, 3.63) is 58.1 Å². The van der Waals surface area contributed by atoms with Gasteiger partial charge in [-0.15, -0.1) is 10.2 Å². The van der Waals surface area contributed by atoms with Crippen molar-refractivity contribution in [3.63, 3.8) is 0 Å². The van der Waals surface area contributed by atoms with Crippen LogP contribution in [0.2, 0.25) is 0 Å². The van der Waals surface area contributed by atoms with Gasteiger partial charge in [-0.3, -0.25) is 9.36 Å². The van der Waals surface area contributed by atoms with Gasteiger partial charge in [-0.25, -0.2) is 0 Å². The molecule has 7 heteroatoms. The zero-order valence-corrected chi connectivity index (χ0v) is 19.0. The van der Waals surface area contributed by atoms with E-state index < -0.39 is 0 Å². The van der Waals surface area contributed by atoms with E-state index in [9.17, 15) is 4.79 Å². The summed E-state index contributed by atoms with van der Waals surface area (Å²) in [7, 11) is 3.53. The minimum Gasteiger partial charge on any atom is -0.348 e. The van der Waals surface area contributed by atoms with Gasteiger partial charge in [0.15, 0.2) is 11.0 Å². The van der Waals surface area contributed by atoms with Crippen molar-refractivity contribution in [1.82, 2.24) is 19.7 Å². The van der Waals surface area contributed by atoms with Crippen LogP contribution in [0.1, 0.15) is 18.1 Å². The van der Waals surface area contributed by atoms with Crippen LogP contribution in [0, 0.1) is 13.8 Å². The van der Waals surface area contributed by atoms with Crippen molar-refractivity contribution in [3.8, 4) is 17.1 Å². The molecule has 0 aliphatic rings. The van der Waals surface area contributed by atoms with E-state index in [1.807, 2.05) is 35.8 Å².